The average Bonchev–Trinajstić information content (AvgIpc) is 2.38. The maximum absolute atomic E-state index is 5.63. The van der Waals surface area contributed by atoms with Crippen molar-refractivity contribution in [2.75, 3.05) is 37.1 Å². The van der Waals surface area contributed by atoms with E-state index < -0.39 is 0 Å². The molecule has 2 nitrogen and oxygen atoms in total. The van der Waals surface area contributed by atoms with Gasteiger partial charge in [0.15, 0.2) is 0 Å². The molecule has 2 rings (SSSR count). The van der Waals surface area contributed by atoms with E-state index in [-0.39, 0.29) is 0 Å². The molecular weight excluding hydrogens is 222 g/mol. The Hall–Kier alpha value is -0.990. The summed E-state index contributed by atoms with van der Waals surface area (Å²) in [7, 11) is 0. The summed E-state index contributed by atoms with van der Waals surface area (Å²) in [6.45, 7) is 3.59. The molecule has 3 heteroatoms. The minimum atomic E-state index is 0.557. The molecule has 16 heavy (non-hydrogen) atoms. The van der Waals surface area contributed by atoms with Crippen LogP contribution in [0.1, 0.15) is 5.56 Å². The van der Waals surface area contributed by atoms with Crippen molar-refractivity contribution < 1.29 is 4.74 Å². The third-order valence-corrected chi connectivity index (χ3v) is 2.82. The summed E-state index contributed by atoms with van der Waals surface area (Å²) in [5, 5.41) is 0. The Morgan fingerprint density at radius 2 is 2.12 bits per heavy atom. The molecule has 1 heterocycles. The molecule has 0 atom stereocenters. The highest BCUT2D eigenvalue weighted by atomic mass is 35.5. The Bertz CT molecular complexity index is 359. The van der Waals surface area contributed by atoms with E-state index >= 15 is 0 Å². The molecule has 1 aromatic rings. The molecule has 1 aromatic carbocycles. The summed E-state index contributed by atoms with van der Waals surface area (Å²) in [5.41, 5.74) is 2.46. The number of nitrogens with zero attached hydrogens (tertiary/aromatic N) is 1. The quantitative estimate of drug-likeness (QED) is 0.750. The fraction of sp³-hybridized carbons (Fsp3) is 0.385. The molecule has 0 aliphatic carbocycles. The van der Waals surface area contributed by atoms with Crippen LogP contribution in [0.15, 0.2) is 30.3 Å². The summed E-state index contributed by atoms with van der Waals surface area (Å²) < 4.78 is 5.34. The van der Waals surface area contributed by atoms with Crippen molar-refractivity contribution in [3.8, 4) is 0 Å². The van der Waals surface area contributed by atoms with E-state index in [0.717, 1.165) is 26.3 Å². The lowest BCUT2D eigenvalue weighted by molar-refractivity contribution is 0.122. The third kappa shape index (κ3) is 3.00. The van der Waals surface area contributed by atoms with Gasteiger partial charge in [-0.1, -0.05) is 24.3 Å². The van der Waals surface area contributed by atoms with E-state index in [4.69, 9.17) is 16.3 Å². The molecule has 1 saturated heterocycles. The zero-order valence-electron chi connectivity index (χ0n) is 9.23. The van der Waals surface area contributed by atoms with Crippen LogP contribution in [-0.4, -0.2) is 32.2 Å². The van der Waals surface area contributed by atoms with Gasteiger partial charge in [0.25, 0.3) is 0 Å². The van der Waals surface area contributed by atoms with Crippen molar-refractivity contribution in [3.05, 3.63) is 35.9 Å². The van der Waals surface area contributed by atoms with Crippen LogP contribution in [0.2, 0.25) is 0 Å². The number of allylic oxidation sites excluding steroid dienone is 1. The predicted octanol–water partition coefficient (Wildman–Crippen LogP) is 2.78. The van der Waals surface area contributed by atoms with E-state index in [9.17, 15) is 0 Å². The van der Waals surface area contributed by atoms with Gasteiger partial charge < -0.3 is 9.64 Å². The Labute approximate surface area is 101 Å². The molecule has 0 aromatic heterocycles. The summed E-state index contributed by atoms with van der Waals surface area (Å²) in [6.07, 6.45) is 4.01. The maximum atomic E-state index is 5.63. The molecule has 0 bridgehead atoms. The van der Waals surface area contributed by atoms with Gasteiger partial charge in [0.2, 0.25) is 0 Å². The summed E-state index contributed by atoms with van der Waals surface area (Å²) in [4.78, 5) is 2.35. The Morgan fingerprint density at radius 1 is 1.31 bits per heavy atom. The SMILES string of the molecule is ClCC=Cc1cccc(N2CCOCC2)c1. The Morgan fingerprint density at radius 3 is 2.88 bits per heavy atom. The zero-order valence-corrected chi connectivity index (χ0v) is 9.99. The second kappa shape index (κ2) is 5.92. The number of halogens is 1. The molecule has 0 N–H and O–H groups in total. The number of benzene rings is 1. The lowest BCUT2D eigenvalue weighted by atomic mass is 10.1. The lowest BCUT2D eigenvalue weighted by Crippen LogP contribution is -2.36. The molecule has 0 saturated carbocycles. The number of ether oxygens (including phenoxy) is 1. The number of morpholine rings is 1. The number of hydrogen-bond donors (Lipinski definition) is 0. The van der Waals surface area contributed by atoms with Crippen molar-refractivity contribution in [2.24, 2.45) is 0 Å². The second-order valence-electron chi connectivity index (χ2n) is 3.75. The van der Waals surface area contributed by atoms with E-state index in [1.54, 1.807) is 0 Å². The van der Waals surface area contributed by atoms with Crippen LogP contribution in [0.5, 0.6) is 0 Å². The van der Waals surface area contributed by atoms with Crippen molar-refractivity contribution >= 4 is 23.4 Å². The summed E-state index contributed by atoms with van der Waals surface area (Å²) in [6, 6.07) is 8.50. The smallest absolute Gasteiger partial charge is 0.0642 e. The van der Waals surface area contributed by atoms with Crippen LogP contribution in [0, 0.1) is 0 Å². The highest BCUT2D eigenvalue weighted by molar-refractivity contribution is 6.19. The van der Waals surface area contributed by atoms with Gasteiger partial charge >= 0.3 is 0 Å². The van der Waals surface area contributed by atoms with Crippen LogP contribution < -0.4 is 4.90 Å². The van der Waals surface area contributed by atoms with Crippen LogP contribution >= 0.6 is 11.6 Å². The molecule has 0 radical (unpaired) electrons. The zero-order chi connectivity index (χ0) is 11.2. The van der Waals surface area contributed by atoms with Gasteiger partial charge in [-0.05, 0) is 17.7 Å². The monoisotopic (exact) mass is 237 g/mol. The van der Waals surface area contributed by atoms with Crippen LogP contribution in [0.3, 0.4) is 0 Å². The van der Waals surface area contributed by atoms with Gasteiger partial charge in [0.05, 0.1) is 13.2 Å². The first-order valence-electron chi connectivity index (χ1n) is 5.55. The van der Waals surface area contributed by atoms with Gasteiger partial charge in [0.1, 0.15) is 0 Å². The predicted molar refractivity (Wildman–Crippen MR) is 69.2 cm³/mol. The van der Waals surface area contributed by atoms with Crippen LogP contribution in [0.4, 0.5) is 5.69 Å². The second-order valence-corrected chi connectivity index (χ2v) is 4.06. The largest absolute Gasteiger partial charge is 0.378 e. The molecule has 1 fully saturated rings. The highest BCUT2D eigenvalue weighted by Gasteiger charge is 2.10. The number of alkyl halides is 1. The molecule has 1 aliphatic heterocycles. The van der Waals surface area contributed by atoms with Gasteiger partial charge in [0, 0.05) is 24.7 Å². The molecule has 0 amide bonds. The first-order chi connectivity index (χ1) is 7.90. The lowest BCUT2D eigenvalue weighted by Gasteiger charge is -2.29. The Kier molecular flexibility index (Phi) is 4.25. The molecule has 1 aliphatic rings. The van der Waals surface area contributed by atoms with Crippen molar-refractivity contribution in [3.63, 3.8) is 0 Å². The molecule has 0 spiro atoms. The average molecular weight is 238 g/mol. The normalized spacial score (nSPS) is 16.9. The number of anilines is 1. The first kappa shape index (κ1) is 11.5. The minimum absolute atomic E-state index is 0.557. The van der Waals surface area contributed by atoms with Gasteiger partial charge in [-0.2, -0.15) is 0 Å². The van der Waals surface area contributed by atoms with Gasteiger partial charge in [-0.3, -0.25) is 0 Å². The van der Waals surface area contributed by atoms with Crippen molar-refractivity contribution in [2.45, 2.75) is 0 Å². The fourth-order valence-corrected chi connectivity index (χ4v) is 1.92. The minimum Gasteiger partial charge on any atom is -0.378 e. The maximum Gasteiger partial charge on any atom is 0.0642 e. The van der Waals surface area contributed by atoms with Gasteiger partial charge in [-0.15, -0.1) is 11.6 Å². The molecular formula is C13H16ClNO. The first-order valence-corrected chi connectivity index (χ1v) is 6.09. The summed E-state index contributed by atoms with van der Waals surface area (Å²) >= 11 is 5.63. The van der Waals surface area contributed by atoms with Gasteiger partial charge in [-0.25, -0.2) is 0 Å². The highest BCUT2D eigenvalue weighted by Crippen LogP contribution is 2.18. The van der Waals surface area contributed by atoms with Crippen molar-refractivity contribution in [1.82, 2.24) is 0 Å². The topological polar surface area (TPSA) is 12.5 Å². The Balaban J connectivity index is 2.11. The molecule has 86 valence electrons. The van der Waals surface area contributed by atoms with Crippen LogP contribution in [-0.2, 0) is 4.74 Å². The van der Waals surface area contributed by atoms with E-state index in [2.05, 4.69) is 35.2 Å². The van der Waals surface area contributed by atoms with E-state index in [1.807, 2.05) is 6.08 Å². The number of hydrogen-bond acceptors (Lipinski definition) is 2. The van der Waals surface area contributed by atoms with E-state index in [0.29, 0.717) is 5.88 Å². The van der Waals surface area contributed by atoms with Crippen LogP contribution in [0.25, 0.3) is 6.08 Å². The fourth-order valence-electron chi connectivity index (χ4n) is 1.83. The van der Waals surface area contributed by atoms with Crippen molar-refractivity contribution in [1.29, 1.82) is 0 Å². The standard InChI is InChI=1S/C13H16ClNO/c14-6-2-4-12-3-1-5-13(11-12)15-7-9-16-10-8-15/h1-5,11H,6-10H2. The number of rotatable bonds is 3. The van der Waals surface area contributed by atoms with E-state index in [1.165, 1.54) is 11.3 Å². The molecule has 0 unspecified atom stereocenters. The summed E-state index contributed by atoms with van der Waals surface area (Å²) in [5.74, 6) is 0.557. The third-order valence-electron chi connectivity index (χ3n) is 2.65.